The molecule has 0 aromatic heterocycles. The maximum absolute atomic E-state index is 14.5. The first-order valence-corrected chi connectivity index (χ1v) is 12.5. The summed E-state index contributed by atoms with van der Waals surface area (Å²) in [4.78, 5) is 36.6. The minimum absolute atomic E-state index is 0.00430. The number of hydrogen-bond acceptors (Lipinski definition) is 5. The largest absolute Gasteiger partial charge is 0.487 e. The average Bonchev–Trinajstić information content (AvgIpc) is 3.27. The van der Waals surface area contributed by atoms with Gasteiger partial charge in [-0.1, -0.05) is 0 Å². The Bertz CT molecular complexity index is 1170. The smallest absolute Gasteiger partial charge is 0.306 e. The Morgan fingerprint density at radius 3 is 2.42 bits per heavy atom. The van der Waals surface area contributed by atoms with E-state index < -0.39 is 46.3 Å². The van der Waals surface area contributed by atoms with Crippen LogP contribution in [0.4, 0.5) is 13.2 Å². The van der Waals surface area contributed by atoms with E-state index in [1.807, 2.05) is 0 Å². The number of fused-ring (bicyclic) bond motifs is 1. The van der Waals surface area contributed by atoms with E-state index in [0.717, 1.165) is 22.6 Å². The molecule has 1 fully saturated rings. The first-order chi connectivity index (χ1) is 17.2. The van der Waals surface area contributed by atoms with Gasteiger partial charge in [-0.15, -0.1) is 11.8 Å². The van der Waals surface area contributed by atoms with Gasteiger partial charge in [0.15, 0.2) is 11.6 Å². The zero-order chi connectivity index (χ0) is 25.8. The summed E-state index contributed by atoms with van der Waals surface area (Å²) < 4.78 is 47.9. The first-order valence-electron chi connectivity index (χ1n) is 11.6. The molecule has 3 N–H and O–H groups in total. The summed E-state index contributed by atoms with van der Waals surface area (Å²) in [6.45, 7) is 0.0757. The van der Waals surface area contributed by atoms with E-state index in [4.69, 9.17) is 9.84 Å². The number of carbonyl (C=O) groups excluding carboxylic acids is 2. The van der Waals surface area contributed by atoms with Crippen LogP contribution < -0.4 is 15.4 Å². The van der Waals surface area contributed by atoms with E-state index in [1.54, 1.807) is 6.07 Å². The summed E-state index contributed by atoms with van der Waals surface area (Å²) in [6, 6.07) is 5.95. The molecule has 11 heteroatoms. The van der Waals surface area contributed by atoms with Crippen LogP contribution in [0.25, 0.3) is 0 Å². The van der Waals surface area contributed by atoms with Gasteiger partial charge in [-0.25, -0.2) is 13.2 Å². The molecule has 1 aliphatic carbocycles. The van der Waals surface area contributed by atoms with Gasteiger partial charge in [0.05, 0.1) is 22.8 Å². The quantitative estimate of drug-likeness (QED) is 0.457. The molecule has 1 saturated carbocycles. The Morgan fingerprint density at radius 2 is 1.69 bits per heavy atom. The van der Waals surface area contributed by atoms with Gasteiger partial charge in [0, 0.05) is 24.1 Å². The van der Waals surface area contributed by atoms with Crippen LogP contribution in [0.1, 0.15) is 41.6 Å². The second-order valence-electron chi connectivity index (χ2n) is 8.80. The third-order valence-corrected chi connectivity index (χ3v) is 7.60. The van der Waals surface area contributed by atoms with Gasteiger partial charge in [0.2, 0.25) is 5.91 Å². The molecule has 0 radical (unpaired) electrons. The molecule has 192 valence electrons. The van der Waals surface area contributed by atoms with Crippen molar-refractivity contribution < 1.29 is 37.4 Å². The number of amides is 2. The van der Waals surface area contributed by atoms with Crippen molar-refractivity contribution in [3.63, 3.8) is 0 Å². The van der Waals surface area contributed by atoms with Gasteiger partial charge in [0.1, 0.15) is 11.6 Å². The van der Waals surface area contributed by atoms with Gasteiger partial charge in [0.25, 0.3) is 5.91 Å². The predicted molar refractivity (Wildman–Crippen MR) is 125 cm³/mol. The zero-order valence-electron chi connectivity index (χ0n) is 19.2. The summed E-state index contributed by atoms with van der Waals surface area (Å²) >= 11 is 1.34. The molecule has 2 aromatic rings. The second-order valence-corrected chi connectivity index (χ2v) is 10.0. The van der Waals surface area contributed by atoms with Crippen LogP contribution in [0.3, 0.4) is 0 Å². The Morgan fingerprint density at radius 1 is 0.972 bits per heavy atom. The van der Waals surface area contributed by atoms with Gasteiger partial charge < -0.3 is 20.5 Å². The lowest BCUT2D eigenvalue weighted by molar-refractivity contribution is -0.143. The Hall–Kier alpha value is -3.21. The van der Waals surface area contributed by atoms with Crippen molar-refractivity contribution in [2.24, 2.45) is 5.92 Å². The number of thioether (sulfide) groups is 1. The molecule has 1 atom stereocenters. The van der Waals surface area contributed by atoms with Crippen molar-refractivity contribution >= 4 is 29.5 Å². The number of halogens is 3. The topological polar surface area (TPSA) is 105 Å². The number of carbonyl (C=O) groups is 3. The third kappa shape index (κ3) is 6.13. The van der Waals surface area contributed by atoms with Gasteiger partial charge >= 0.3 is 5.97 Å². The molecule has 4 rings (SSSR count). The highest BCUT2D eigenvalue weighted by Crippen LogP contribution is 2.37. The number of aliphatic carboxylic acids is 1. The van der Waals surface area contributed by atoms with E-state index in [1.165, 1.54) is 23.9 Å². The number of benzene rings is 2. The van der Waals surface area contributed by atoms with Crippen LogP contribution in [0.5, 0.6) is 5.75 Å². The summed E-state index contributed by atoms with van der Waals surface area (Å²) in [5.41, 5.74) is 0.274. The normalized spacial score (nSPS) is 20.9. The SMILES string of the molecule is O=C(NCCNC(=O)C1Cc2cc(F)ccc2S1)c1cc(F)c(OC2CCC(C(=O)O)CC2)cc1F. The van der Waals surface area contributed by atoms with E-state index in [-0.39, 0.29) is 30.6 Å². The maximum atomic E-state index is 14.5. The molecular formula is C25H25F3N2O5S. The Labute approximate surface area is 209 Å². The molecule has 0 bridgehead atoms. The van der Waals surface area contributed by atoms with Crippen molar-refractivity contribution in [3.8, 4) is 5.75 Å². The molecule has 2 aromatic carbocycles. The third-order valence-electron chi connectivity index (χ3n) is 6.28. The summed E-state index contributed by atoms with van der Waals surface area (Å²) in [6.07, 6.45) is 1.58. The van der Waals surface area contributed by atoms with Gasteiger partial charge in [-0.2, -0.15) is 0 Å². The zero-order valence-corrected chi connectivity index (χ0v) is 20.0. The highest BCUT2D eigenvalue weighted by molar-refractivity contribution is 8.01. The van der Waals surface area contributed by atoms with E-state index in [9.17, 15) is 27.6 Å². The highest BCUT2D eigenvalue weighted by Gasteiger charge is 2.29. The van der Waals surface area contributed by atoms with Crippen LogP contribution in [0.2, 0.25) is 0 Å². The molecule has 1 aliphatic heterocycles. The fourth-order valence-corrected chi connectivity index (χ4v) is 5.53. The summed E-state index contributed by atoms with van der Waals surface area (Å²) in [5.74, 6) is -4.98. The number of carboxylic acids is 1. The average molecular weight is 523 g/mol. The van der Waals surface area contributed by atoms with Crippen LogP contribution in [0.15, 0.2) is 35.2 Å². The van der Waals surface area contributed by atoms with Crippen LogP contribution in [-0.2, 0) is 16.0 Å². The minimum Gasteiger partial charge on any atom is -0.487 e. The van der Waals surface area contributed by atoms with E-state index in [2.05, 4.69) is 10.6 Å². The lowest BCUT2D eigenvalue weighted by Crippen LogP contribution is -2.38. The van der Waals surface area contributed by atoms with Crippen molar-refractivity contribution in [2.75, 3.05) is 13.1 Å². The summed E-state index contributed by atoms with van der Waals surface area (Å²) in [5, 5.41) is 13.8. The maximum Gasteiger partial charge on any atom is 0.306 e. The Kier molecular flexibility index (Phi) is 8.07. The molecule has 0 saturated heterocycles. The fraction of sp³-hybridized carbons (Fsp3) is 0.400. The minimum atomic E-state index is -0.959. The molecular weight excluding hydrogens is 497 g/mol. The molecule has 36 heavy (non-hydrogen) atoms. The van der Waals surface area contributed by atoms with Crippen molar-refractivity contribution in [1.82, 2.24) is 10.6 Å². The van der Waals surface area contributed by atoms with Crippen molar-refractivity contribution in [1.29, 1.82) is 0 Å². The fourth-order valence-electron chi connectivity index (χ4n) is 4.33. The molecule has 1 heterocycles. The van der Waals surface area contributed by atoms with E-state index in [0.29, 0.717) is 32.1 Å². The number of ether oxygens (including phenoxy) is 1. The number of hydrogen-bond donors (Lipinski definition) is 3. The number of carboxylic acid groups (broad SMARTS) is 1. The van der Waals surface area contributed by atoms with Crippen LogP contribution in [0, 0.1) is 23.4 Å². The number of nitrogens with one attached hydrogen (secondary N) is 2. The molecule has 2 aliphatic rings. The van der Waals surface area contributed by atoms with Crippen molar-refractivity contribution in [2.45, 2.75) is 48.4 Å². The molecule has 2 amide bonds. The lowest BCUT2D eigenvalue weighted by atomic mass is 9.87. The monoisotopic (exact) mass is 522 g/mol. The molecule has 0 spiro atoms. The summed E-state index contributed by atoms with van der Waals surface area (Å²) in [7, 11) is 0. The number of rotatable bonds is 8. The van der Waals surface area contributed by atoms with Gasteiger partial charge in [-0.3, -0.25) is 14.4 Å². The van der Waals surface area contributed by atoms with Gasteiger partial charge in [-0.05, 0) is 61.9 Å². The molecule has 7 nitrogen and oxygen atoms in total. The highest BCUT2D eigenvalue weighted by atomic mass is 32.2. The van der Waals surface area contributed by atoms with E-state index >= 15 is 0 Å². The molecule has 1 unspecified atom stereocenters. The first kappa shape index (κ1) is 25.9. The predicted octanol–water partition coefficient (Wildman–Crippen LogP) is 3.69. The second kappa shape index (κ2) is 11.2. The Balaban J connectivity index is 1.23. The lowest BCUT2D eigenvalue weighted by Gasteiger charge is -2.27. The van der Waals surface area contributed by atoms with Crippen molar-refractivity contribution in [3.05, 3.63) is 58.9 Å². The van der Waals surface area contributed by atoms with Crippen LogP contribution in [-0.4, -0.2) is 47.3 Å². The van der Waals surface area contributed by atoms with Crippen LogP contribution >= 0.6 is 11.8 Å². The standard InChI is InChI=1S/C25H25F3N2O5S/c26-15-3-6-21-14(9-15)10-22(36-21)24(32)30-8-7-29-23(31)17-11-19(28)20(12-18(17)27)35-16-4-1-13(2-5-16)25(33)34/h3,6,9,11-13,16,22H,1-2,4-5,7-8,10H2,(H,29,31)(H,30,32)(H,33,34).